The van der Waals surface area contributed by atoms with Crippen molar-refractivity contribution >= 4 is 35.0 Å². The zero-order valence-corrected chi connectivity index (χ0v) is 15.9. The standard InChI is InChI=1S/C19H21ClFN5O2/c20-16-7-13(17(22)27)10-23-18(16)26-6-2-3-12(11-26)9-24-19(28)25-15-5-1-4-14(21)8-15/h1,4-5,7-8,10,12H,2-3,6,9,11H2,(H2,22,27)(H2,24,25,28). The molecule has 1 aromatic heterocycles. The van der Waals surface area contributed by atoms with Crippen molar-refractivity contribution in [1.29, 1.82) is 0 Å². The Morgan fingerprint density at radius 1 is 1.36 bits per heavy atom. The van der Waals surface area contributed by atoms with Crippen molar-refractivity contribution in [2.24, 2.45) is 11.7 Å². The van der Waals surface area contributed by atoms with Gasteiger partial charge in [-0.05, 0) is 43.0 Å². The summed E-state index contributed by atoms with van der Waals surface area (Å²) in [5, 5.41) is 5.80. The molecule has 1 saturated heterocycles. The van der Waals surface area contributed by atoms with Gasteiger partial charge in [-0.15, -0.1) is 0 Å². The van der Waals surface area contributed by atoms with E-state index in [1.807, 2.05) is 4.90 Å². The number of aromatic nitrogens is 1. The molecule has 1 atom stereocenters. The first-order valence-electron chi connectivity index (χ1n) is 8.93. The first-order valence-corrected chi connectivity index (χ1v) is 9.31. The number of nitrogens with two attached hydrogens (primary N) is 1. The number of halogens is 2. The molecule has 1 fully saturated rings. The molecule has 0 radical (unpaired) electrons. The highest BCUT2D eigenvalue weighted by molar-refractivity contribution is 6.33. The summed E-state index contributed by atoms with van der Waals surface area (Å²) >= 11 is 6.26. The minimum atomic E-state index is -0.578. The number of hydrogen-bond acceptors (Lipinski definition) is 4. The Hall–Kier alpha value is -2.87. The van der Waals surface area contributed by atoms with Gasteiger partial charge in [0.1, 0.15) is 11.6 Å². The third-order valence-electron chi connectivity index (χ3n) is 4.56. The summed E-state index contributed by atoms with van der Waals surface area (Å²) in [6.45, 7) is 1.92. The largest absolute Gasteiger partial charge is 0.366 e. The first-order chi connectivity index (χ1) is 13.4. The minimum Gasteiger partial charge on any atom is -0.366 e. The lowest BCUT2D eigenvalue weighted by atomic mass is 9.98. The highest BCUT2D eigenvalue weighted by Crippen LogP contribution is 2.28. The van der Waals surface area contributed by atoms with Crippen LogP contribution in [0.5, 0.6) is 0 Å². The average Bonchev–Trinajstić information content (AvgIpc) is 2.66. The van der Waals surface area contributed by atoms with E-state index in [1.165, 1.54) is 30.5 Å². The number of nitrogens with zero attached hydrogens (tertiary/aromatic N) is 2. The van der Waals surface area contributed by atoms with Crippen molar-refractivity contribution in [2.45, 2.75) is 12.8 Å². The van der Waals surface area contributed by atoms with E-state index < -0.39 is 11.7 Å². The smallest absolute Gasteiger partial charge is 0.319 e. The van der Waals surface area contributed by atoms with Crippen molar-refractivity contribution in [1.82, 2.24) is 10.3 Å². The molecule has 0 aliphatic carbocycles. The fraction of sp³-hybridized carbons (Fsp3) is 0.316. The molecule has 3 amide bonds. The van der Waals surface area contributed by atoms with Crippen LogP contribution in [-0.2, 0) is 0 Å². The van der Waals surface area contributed by atoms with Crippen LogP contribution in [0.2, 0.25) is 5.02 Å². The Bertz CT molecular complexity index is 879. The molecule has 7 nitrogen and oxygen atoms in total. The fourth-order valence-corrected chi connectivity index (χ4v) is 3.49. The van der Waals surface area contributed by atoms with Gasteiger partial charge < -0.3 is 21.3 Å². The quantitative estimate of drug-likeness (QED) is 0.711. The number of hydrogen-bond donors (Lipinski definition) is 3. The lowest BCUT2D eigenvalue weighted by Gasteiger charge is -2.34. The molecular formula is C19H21ClFN5O2. The van der Waals surface area contributed by atoms with Gasteiger partial charge in [0.2, 0.25) is 5.91 Å². The SMILES string of the molecule is NC(=O)c1cnc(N2CCCC(CNC(=O)Nc3cccc(F)c3)C2)c(Cl)c1. The molecule has 0 bridgehead atoms. The van der Waals surface area contributed by atoms with E-state index in [-0.39, 0.29) is 17.5 Å². The van der Waals surface area contributed by atoms with Gasteiger partial charge >= 0.3 is 6.03 Å². The summed E-state index contributed by atoms with van der Waals surface area (Å²) in [6.07, 6.45) is 3.29. The number of amides is 3. The van der Waals surface area contributed by atoms with E-state index in [0.29, 0.717) is 29.6 Å². The van der Waals surface area contributed by atoms with Gasteiger partial charge in [-0.25, -0.2) is 14.2 Å². The molecule has 0 spiro atoms. The summed E-state index contributed by atoms with van der Waals surface area (Å²) in [6, 6.07) is 6.85. The maximum Gasteiger partial charge on any atom is 0.319 e. The van der Waals surface area contributed by atoms with Crippen molar-refractivity contribution in [3.05, 3.63) is 52.9 Å². The second kappa shape index (κ2) is 8.88. The highest BCUT2D eigenvalue weighted by atomic mass is 35.5. The lowest BCUT2D eigenvalue weighted by molar-refractivity contribution is 0.1000. The van der Waals surface area contributed by atoms with Gasteiger partial charge in [-0.1, -0.05) is 17.7 Å². The summed E-state index contributed by atoms with van der Waals surface area (Å²) in [7, 11) is 0. The maximum absolute atomic E-state index is 13.2. The number of benzene rings is 1. The summed E-state index contributed by atoms with van der Waals surface area (Å²) < 4.78 is 13.2. The topological polar surface area (TPSA) is 100 Å². The van der Waals surface area contributed by atoms with Crippen LogP contribution < -0.4 is 21.3 Å². The zero-order chi connectivity index (χ0) is 20.1. The van der Waals surface area contributed by atoms with E-state index in [2.05, 4.69) is 15.6 Å². The number of primary amides is 1. The van der Waals surface area contributed by atoms with Crippen LogP contribution in [0.15, 0.2) is 36.5 Å². The van der Waals surface area contributed by atoms with E-state index in [1.54, 1.807) is 6.07 Å². The molecular weight excluding hydrogens is 385 g/mol. The minimum absolute atomic E-state index is 0.209. The molecule has 28 heavy (non-hydrogen) atoms. The van der Waals surface area contributed by atoms with Crippen LogP contribution in [0.1, 0.15) is 23.2 Å². The third kappa shape index (κ3) is 5.10. The zero-order valence-electron chi connectivity index (χ0n) is 15.1. The predicted molar refractivity (Wildman–Crippen MR) is 106 cm³/mol. The predicted octanol–water partition coefficient (Wildman–Crippen LogP) is 3.01. The van der Waals surface area contributed by atoms with E-state index >= 15 is 0 Å². The molecule has 2 heterocycles. The monoisotopic (exact) mass is 405 g/mol. The molecule has 1 aliphatic heterocycles. The first kappa shape index (κ1) is 19.9. The van der Waals surface area contributed by atoms with Gasteiger partial charge in [0, 0.05) is 31.5 Å². The number of pyridine rings is 1. The Morgan fingerprint density at radius 3 is 2.89 bits per heavy atom. The number of carbonyl (C=O) groups is 2. The Balaban J connectivity index is 1.55. The average molecular weight is 406 g/mol. The summed E-state index contributed by atoms with van der Waals surface area (Å²) in [5.41, 5.74) is 5.91. The van der Waals surface area contributed by atoms with Gasteiger partial charge in [0.05, 0.1) is 10.6 Å². The molecule has 9 heteroatoms. The van der Waals surface area contributed by atoms with Gasteiger partial charge in [-0.3, -0.25) is 4.79 Å². The number of nitrogens with one attached hydrogen (secondary N) is 2. The third-order valence-corrected chi connectivity index (χ3v) is 4.84. The molecule has 1 aliphatic rings. The highest BCUT2D eigenvalue weighted by Gasteiger charge is 2.23. The molecule has 2 aromatic rings. The molecule has 0 saturated carbocycles. The number of rotatable bonds is 5. The fourth-order valence-electron chi connectivity index (χ4n) is 3.20. The second-order valence-corrected chi connectivity index (χ2v) is 7.10. The Kier molecular flexibility index (Phi) is 6.30. The molecule has 3 rings (SSSR count). The van der Waals surface area contributed by atoms with Crippen molar-refractivity contribution in [3.8, 4) is 0 Å². The normalized spacial score (nSPS) is 16.5. The Labute approximate surface area is 167 Å². The van der Waals surface area contributed by atoms with E-state index in [0.717, 1.165) is 19.4 Å². The van der Waals surface area contributed by atoms with Crippen LogP contribution in [0.4, 0.5) is 20.7 Å². The molecule has 4 N–H and O–H groups in total. The molecule has 148 valence electrons. The summed E-state index contributed by atoms with van der Waals surface area (Å²) in [5.74, 6) is -0.181. The van der Waals surface area contributed by atoms with Crippen LogP contribution in [0.3, 0.4) is 0 Å². The van der Waals surface area contributed by atoms with Gasteiger partial charge in [0.25, 0.3) is 0 Å². The number of urea groups is 1. The number of carbonyl (C=O) groups excluding carboxylic acids is 2. The summed E-state index contributed by atoms with van der Waals surface area (Å²) in [4.78, 5) is 29.6. The number of anilines is 2. The van der Waals surface area contributed by atoms with Crippen molar-refractivity contribution in [2.75, 3.05) is 29.9 Å². The molecule has 1 unspecified atom stereocenters. The van der Waals surface area contributed by atoms with Gasteiger partial charge in [0.15, 0.2) is 0 Å². The Morgan fingerprint density at radius 2 is 2.18 bits per heavy atom. The van der Waals surface area contributed by atoms with E-state index in [9.17, 15) is 14.0 Å². The van der Waals surface area contributed by atoms with Crippen LogP contribution >= 0.6 is 11.6 Å². The van der Waals surface area contributed by atoms with Gasteiger partial charge in [-0.2, -0.15) is 0 Å². The molecule has 1 aromatic carbocycles. The van der Waals surface area contributed by atoms with Crippen molar-refractivity contribution < 1.29 is 14.0 Å². The lowest BCUT2D eigenvalue weighted by Crippen LogP contribution is -2.42. The number of piperidine rings is 1. The van der Waals surface area contributed by atoms with Crippen LogP contribution in [0, 0.1) is 11.7 Å². The van der Waals surface area contributed by atoms with Crippen molar-refractivity contribution in [3.63, 3.8) is 0 Å². The second-order valence-electron chi connectivity index (χ2n) is 6.69. The van der Waals surface area contributed by atoms with Crippen LogP contribution in [-0.4, -0.2) is 36.6 Å². The van der Waals surface area contributed by atoms with E-state index in [4.69, 9.17) is 17.3 Å². The van der Waals surface area contributed by atoms with Crippen LogP contribution in [0.25, 0.3) is 0 Å². The maximum atomic E-state index is 13.2.